The van der Waals surface area contributed by atoms with Gasteiger partial charge in [0, 0.05) is 14.8 Å². The van der Waals surface area contributed by atoms with Crippen molar-refractivity contribution in [3.05, 3.63) is 76.5 Å². The van der Waals surface area contributed by atoms with E-state index in [9.17, 15) is 26.4 Å². The molecule has 0 atom stereocenters. The van der Waals surface area contributed by atoms with E-state index in [1.807, 2.05) is 12.1 Å². The van der Waals surface area contributed by atoms with Crippen molar-refractivity contribution in [1.29, 1.82) is 0 Å². The first-order chi connectivity index (χ1) is 15.3. The lowest BCUT2D eigenvalue weighted by atomic mass is 9.86. The third-order valence-electron chi connectivity index (χ3n) is 5.21. The summed E-state index contributed by atoms with van der Waals surface area (Å²) in [6.45, 7) is 6.15. The highest BCUT2D eigenvalue weighted by Crippen LogP contribution is 2.38. The van der Waals surface area contributed by atoms with Crippen molar-refractivity contribution in [2.45, 2.75) is 31.7 Å². The summed E-state index contributed by atoms with van der Waals surface area (Å²) in [5.41, 5.74) is -4.20. The Labute approximate surface area is 192 Å². The van der Waals surface area contributed by atoms with Gasteiger partial charge in [0.1, 0.15) is 0 Å². The first kappa shape index (κ1) is 23.3. The molecule has 0 aliphatic heterocycles. The number of fused-ring (bicyclic) bond motifs is 2. The van der Waals surface area contributed by atoms with E-state index in [0.29, 0.717) is 20.5 Å². The van der Waals surface area contributed by atoms with Crippen molar-refractivity contribution in [2.24, 2.45) is 0 Å². The fourth-order valence-corrected chi connectivity index (χ4v) is 5.05. The van der Waals surface area contributed by atoms with E-state index < -0.39 is 26.8 Å². The summed E-state index contributed by atoms with van der Waals surface area (Å²) >= 11 is 1.17. The Morgan fingerprint density at radius 3 is 2.09 bits per heavy atom. The molecule has 172 valence electrons. The van der Waals surface area contributed by atoms with Gasteiger partial charge in [-0.25, -0.2) is 0 Å². The Kier molecular flexibility index (Phi) is 5.53. The third-order valence-corrected chi connectivity index (χ3v) is 7.30. The molecule has 0 N–H and O–H groups in total. The fraction of sp³-hybridized carbons (Fsp3) is 0.208. The molecule has 3 aromatic carbocycles. The number of alkyl halides is 3. The molecule has 0 unspecified atom stereocenters. The molecule has 0 aliphatic rings. The highest BCUT2D eigenvalue weighted by Gasteiger charge is 2.49. The minimum absolute atomic E-state index is 0.102. The molecule has 0 saturated heterocycles. The molecule has 4 aromatic rings. The number of benzene rings is 3. The van der Waals surface area contributed by atoms with Crippen LogP contribution in [0.5, 0.6) is 5.75 Å². The molecule has 0 spiro atoms. The molecule has 0 fully saturated rings. The van der Waals surface area contributed by atoms with Crippen molar-refractivity contribution >= 4 is 41.6 Å². The Hall–Kier alpha value is -2.91. The van der Waals surface area contributed by atoms with Gasteiger partial charge in [0.25, 0.3) is 0 Å². The van der Waals surface area contributed by atoms with Gasteiger partial charge in [-0.3, -0.25) is 4.79 Å². The quantitative estimate of drug-likeness (QED) is 0.183. The average Bonchev–Trinajstić information content (AvgIpc) is 2.72. The lowest BCUT2D eigenvalue weighted by molar-refractivity contribution is -0.0499. The van der Waals surface area contributed by atoms with Crippen LogP contribution in [0.25, 0.3) is 31.3 Å². The second-order valence-electron chi connectivity index (χ2n) is 8.59. The van der Waals surface area contributed by atoms with Gasteiger partial charge in [0.05, 0.1) is 5.39 Å². The van der Waals surface area contributed by atoms with E-state index in [0.717, 1.165) is 5.56 Å². The molecule has 0 bridgehead atoms. The average molecular weight is 493 g/mol. The predicted octanol–water partition coefficient (Wildman–Crippen LogP) is 6.61. The maximum absolute atomic E-state index is 13.1. The molecule has 0 radical (unpaired) electrons. The molecule has 0 amide bonds. The van der Waals surface area contributed by atoms with Crippen molar-refractivity contribution < 1.29 is 25.8 Å². The highest BCUT2D eigenvalue weighted by atomic mass is 32.2. The lowest BCUT2D eigenvalue weighted by Crippen LogP contribution is -2.28. The van der Waals surface area contributed by atoms with Crippen LogP contribution in [0.2, 0.25) is 0 Å². The second kappa shape index (κ2) is 7.85. The van der Waals surface area contributed by atoms with Gasteiger partial charge in [-0.2, -0.15) is 21.6 Å². The number of halogens is 3. The summed E-state index contributed by atoms with van der Waals surface area (Å²) in [4.78, 5) is 13.1. The Morgan fingerprint density at radius 2 is 1.48 bits per heavy atom. The first-order valence-electron chi connectivity index (χ1n) is 9.89. The second-order valence-corrected chi connectivity index (χ2v) is 11.2. The summed E-state index contributed by atoms with van der Waals surface area (Å²) in [6, 6.07) is 16.8. The van der Waals surface area contributed by atoms with Crippen molar-refractivity contribution in [2.75, 3.05) is 0 Å². The Balaban J connectivity index is 2.00. The maximum atomic E-state index is 13.1. The molecule has 1 heterocycles. The predicted molar refractivity (Wildman–Crippen MR) is 125 cm³/mol. The zero-order valence-corrected chi connectivity index (χ0v) is 19.5. The van der Waals surface area contributed by atoms with Crippen LogP contribution >= 0.6 is 11.3 Å². The standard InChI is InChI=1S/C24H19F3O4S2/c1-23(2,3)16-10-8-14(9-11-16)15-12-18(31-33(29,30)24(25,26)27)21-20(13-15)32-19-7-5-4-6-17(19)22(21)28/h4-13H,1-3H3. The van der Waals surface area contributed by atoms with E-state index in [-0.39, 0.29) is 16.2 Å². The maximum Gasteiger partial charge on any atom is 0.534 e. The van der Waals surface area contributed by atoms with Gasteiger partial charge < -0.3 is 4.18 Å². The van der Waals surface area contributed by atoms with E-state index in [1.54, 1.807) is 36.4 Å². The minimum atomic E-state index is -5.97. The van der Waals surface area contributed by atoms with Crippen LogP contribution in [0.3, 0.4) is 0 Å². The molecular weight excluding hydrogens is 473 g/mol. The Bertz CT molecular complexity index is 1530. The van der Waals surface area contributed by atoms with Crippen LogP contribution in [-0.2, 0) is 15.5 Å². The minimum Gasteiger partial charge on any atom is -0.375 e. The van der Waals surface area contributed by atoms with Crippen LogP contribution < -0.4 is 9.61 Å². The number of hydrogen-bond acceptors (Lipinski definition) is 5. The summed E-state index contributed by atoms with van der Waals surface area (Å²) in [5, 5.41) is 0.0631. The van der Waals surface area contributed by atoms with Crippen molar-refractivity contribution in [3.63, 3.8) is 0 Å². The fourth-order valence-electron chi connectivity index (χ4n) is 3.45. The van der Waals surface area contributed by atoms with Crippen LogP contribution in [0.1, 0.15) is 26.3 Å². The van der Waals surface area contributed by atoms with E-state index >= 15 is 0 Å². The van der Waals surface area contributed by atoms with E-state index in [2.05, 4.69) is 25.0 Å². The summed E-state index contributed by atoms with van der Waals surface area (Å²) in [7, 11) is -5.97. The molecule has 4 nitrogen and oxygen atoms in total. The number of hydrogen-bond donors (Lipinski definition) is 0. The smallest absolute Gasteiger partial charge is 0.375 e. The molecule has 1 aromatic heterocycles. The van der Waals surface area contributed by atoms with E-state index in [4.69, 9.17) is 0 Å². The van der Waals surface area contributed by atoms with E-state index in [1.165, 1.54) is 23.5 Å². The summed E-state index contributed by atoms with van der Waals surface area (Å²) in [6.07, 6.45) is 0. The normalized spacial score (nSPS) is 12.9. The monoisotopic (exact) mass is 492 g/mol. The molecule has 4 rings (SSSR count). The number of rotatable bonds is 3. The van der Waals surface area contributed by atoms with Gasteiger partial charge in [-0.05, 0) is 46.4 Å². The van der Waals surface area contributed by atoms with Gasteiger partial charge >= 0.3 is 15.6 Å². The zero-order valence-electron chi connectivity index (χ0n) is 17.9. The van der Waals surface area contributed by atoms with Crippen LogP contribution in [-0.4, -0.2) is 13.9 Å². The van der Waals surface area contributed by atoms with Crippen LogP contribution in [0.4, 0.5) is 13.2 Å². The topological polar surface area (TPSA) is 60.4 Å². The molecule has 0 aliphatic carbocycles. The van der Waals surface area contributed by atoms with Crippen molar-refractivity contribution in [3.8, 4) is 16.9 Å². The largest absolute Gasteiger partial charge is 0.534 e. The van der Waals surface area contributed by atoms with Gasteiger partial charge in [-0.15, -0.1) is 11.3 Å². The van der Waals surface area contributed by atoms with Crippen molar-refractivity contribution in [1.82, 2.24) is 0 Å². The highest BCUT2D eigenvalue weighted by molar-refractivity contribution is 7.88. The van der Waals surface area contributed by atoms with Gasteiger partial charge in [0.2, 0.25) is 0 Å². The SMILES string of the molecule is CC(C)(C)c1ccc(-c2cc(OS(=O)(=O)C(F)(F)F)c3c(=O)c4ccccc4sc3c2)cc1. The summed E-state index contributed by atoms with van der Waals surface area (Å²) < 4.78 is 68.2. The molecule has 33 heavy (non-hydrogen) atoms. The van der Waals surface area contributed by atoms with Gasteiger partial charge in [-0.1, -0.05) is 57.2 Å². The zero-order chi connectivity index (χ0) is 24.2. The third kappa shape index (κ3) is 4.35. The first-order valence-corrected chi connectivity index (χ1v) is 12.1. The Morgan fingerprint density at radius 1 is 0.848 bits per heavy atom. The van der Waals surface area contributed by atoms with Gasteiger partial charge in [0.15, 0.2) is 11.2 Å². The molecule has 0 saturated carbocycles. The van der Waals surface area contributed by atoms with Crippen LogP contribution in [0, 0.1) is 0 Å². The lowest BCUT2D eigenvalue weighted by Gasteiger charge is -2.19. The van der Waals surface area contributed by atoms with Crippen LogP contribution in [0.15, 0.2) is 65.5 Å². The molecular formula is C24H19F3O4S2. The summed E-state index contributed by atoms with van der Waals surface area (Å²) in [5.74, 6) is -0.647. The molecule has 9 heteroatoms.